The van der Waals surface area contributed by atoms with E-state index in [1.54, 1.807) is 0 Å². The van der Waals surface area contributed by atoms with Gasteiger partial charge in [-0.3, -0.25) is 4.79 Å². The molecule has 0 fully saturated rings. The predicted octanol–water partition coefficient (Wildman–Crippen LogP) is 7.77. The van der Waals surface area contributed by atoms with Gasteiger partial charge in [-0.05, 0) is 42.8 Å². The summed E-state index contributed by atoms with van der Waals surface area (Å²) < 4.78 is 2.45. The van der Waals surface area contributed by atoms with Gasteiger partial charge in [-0.15, -0.1) is 11.3 Å². The lowest BCUT2D eigenvalue weighted by molar-refractivity contribution is 0.0957. The van der Waals surface area contributed by atoms with Crippen LogP contribution in [0.5, 0.6) is 0 Å². The van der Waals surface area contributed by atoms with Gasteiger partial charge in [0.2, 0.25) is 0 Å². The molecule has 0 atom stereocenters. The van der Waals surface area contributed by atoms with Crippen LogP contribution >= 0.6 is 11.3 Å². The standard InChI is InChI=1S/C28H41N3OS/c1-2-3-4-5-6-7-8-9-15-22-31-25-18-13-12-17-24(25)30-27(31)20-11-10-14-21-29-28(32)26-19-16-23-33-26/h12-13,16-19,23H,2-11,14-15,20-22H2,1H3,(H,29,32). The zero-order chi connectivity index (χ0) is 23.1. The molecule has 0 saturated carbocycles. The number of fused-ring (bicyclic) bond motifs is 1. The lowest BCUT2D eigenvalue weighted by Gasteiger charge is -2.10. The van der Waals surface area contributed by atoms with E-state index in [4.69, 9.17) is 4.98 Å². The minimum absolute atomic E-state index is 0.0488. The van der Waals surface area contributed by atoms with E-state index in [0.717, 1.165) is 49.2 Å². The summed E-state index contributed by atoms with van der Waals surface area (Å²) in [7, 11) is 0. The second-order valence-electron chi connectivity index (χ2n) is 9.04. The number of amides is 1. The fourth-order valence-electron chi connectivity index (χ4n) is 4.43. The first-order valence-corrected chi connectivity index (χ1v) is 13.9. The average Bonchev–Trinajstić information content (AvgIpc) is 3.49. The van der Waals surface area contributed by atoms with Crippen molar-refractivity contribution in [3.05, 3.63) is 52.5 Å². The van der Waals surface area contributed by atoms with E-state index in [1.165, 1.54) is 80.5 Å². The van der Waals surface area contributed by atoms with E-state index >= 15 is 0 Å². The summed E-state index contributed by atoms with van der Waals surface area (Å²) in [5.74, 6) is 1.27. The zero-order valence-electron chi connectivity index (χ0n) is 20.4. The Bertz CT molecular complexity index is 932. The molecule has 1 aromatic carbocycles. The molecule has 33 heavy (non-hydrogen) atoms. The topological polar surface area (TPSA) is 46.9 Å². The average molecular weight is 468 g/mol. The highest BCUT2D eigenvalue weighted by molar-refractivity contribution is 7.12. The summed E-state index contributed by atoms with van der Waals surface area (Å²) in [6.07, 6.45) is 16.4. The molecule has 0 bridgehead atoms. The molecule has 5 heteroatoms. The van der Waals surface area contributed by atoms with Crippen molar-refractivity contribution in [1.29, 1.82) is 0 Å². The van der Waals surface area contributed by atoms with E-state index in [9.17, 15) is 4.79 Å². The molecule has 180 valence electrons. The third-order valence-electron chi connectivity index (χ3n) is 6.33. The van der Waals surface area contributed by atoms with Crippen LogP contribution in [-0.2, 0) is 13.0 Å². The molecule has 3 rings (SSSR count). The van der Waals surface area contributed by atoms with Gasteiger partial charge in [0.25, 0.3) is 5.91 Å². The van der Waals surface area contributed by atoms with Crippen molar-refractivity contribution in [2.24, 2.45) is 0 Å². The Balaban J connectivity index is 1.37. The number of para-hydroxylation sites is 2. The van der Waals surface area contributed by atoms with Crippen LogP contribution < -0.4 is 5.32 Å². The maximum atomic E-state index is 12.0. The number of nitrogens with one attached hydrogen (secondary N) is 1. The molecule has 0 spiro atoms. The summed E-state index contributed by atoms with van der Waals surface area (Å²) in [5, 5.41) is 4.97. The van der Waals surface area contributed by atoms with Gasteiger partial charge in [-0.25, -0.2) is 4.98 Å². The van der Waals surface area contributed by atoms with Crippen LogP contribution in [0.4, 0.5) is 0 Å². The lowest BCUT2D eigenvalue weighted by atomic mass is 10.1. The van der Waals surface area contributed by atoms with Gasteiger partial charge in [0.05, 0.1) is 15.9 Å². The Labute approximate surface area is 203 Å². The van der Waals surface area contributed by atoms with Gasteiger partial charge >= 0.3 is 0 Å². The number of hydrogen-bond acceptors (Lipinski definition) is 3. The number of nitrogens with zero attached hydrogens (tertiary/aromatic N) is 2. The van der Waals surface area contributed by atoms with Crippen LogP contribution in [-0.4, -0.2) is 22.0 Å². The molecular formula is C28H41N3OS. The van der Waals surface area contributed by atoms with Gasteiger partial charge in [-0.1, -0.05) is 82.9 Å². The lowest BCUT2D eigenvalue weighted by Crippen LogP contribution is -2.23. The zero-order valence-corrected chi connectivity index (χ0v) is 21.2. The Morgan fingerprint density at radius 1 is 0.879 bits per heavy atom. The molecule has 0 saturated heterocycles. The highest BCUT2D eigenvalue weighted by Gasteiger charge is 2.10. The fraction of sp³-hybridized carbons (Fsp3) is 0.571. The molecule has 4 nitrogen and oxygen atoms in total. The Morgan fingerprint density at radius 3 is 2.36 bits per heavy atom. The van der Waals surface area contributed by atoms with Crippen molar-refractivity contribution in [3.8, 4) is 0 Å². The number of hydrogen-bond donors (Lipinski definition) is 1. The normalized spacial score (nSPS) is 11.3. The minimum atomic E-state index is 0.0488. The van der Waals surface area contributed by atoms with Crippen molar-refractivity contribution >= 4 is 28.3 Å². The first-order valence-electron chi connectivity index (χ1n) is 13.1. The third-order valence-corrected chi connectivity index (χ3v) is 7.20. The highest BCUT2D eigenvalue weighted by atomic mass is 32.1. The van der Waals surface area contributed by atoms with Gasteiger partial charge in [-0.2, -0.15) is 0 Å². The molecule has 1 N–H and O–H groups in total. The number of rotatable bonds is 17. The van der Waals surface area contributed by atoms with E-state index in [2.05, 4.69) is 41.1 Å². The third kappa shape index (κ3) is 8.62. The number of benzene rings is 1. The number of carbonyl (C=O) groups is 1. The summed E-state index contributed by atoms with van der Waals surface area (Å²) in [4.78, 5) is 17.8. The van der Waals surface area contributed by atoms with Crippen molar-refractivity contribution < 1.29 is 4.79 Å². The quantitative estimate of drug-likeness (QED) is 0.206. The van der Waals surface area contributed by atoms with Crippen LogP contribution in [0.15, 0.2) is 41.8 Å². The van der Waals surface area contributed by atoms with Crippen LogP contribution in [0.1, 0.15) is 99.5 Å². The maximum absolute atomic E-state index is 12.0. The second kappa shape index (κ2) is 14.9. The smallest absolute Gasteiger partial charge is 0.261 e. The minimum Gasteiger partial charge on any atom is -0.351 e. The SMILES string of the molecule is CCCCCCCCCCCn1c(CCCCCNC(=O)c2cccs2)nc2ccccc21. The molecule has 3 aromatic rings. The maximum Gasteiger partial charge on any atom is 0.261 e. The summed E-state index contributed by atoms with van der Waals surface area (Å²) >= 11 is 1.49. The fourth-order valence-corrected chi connectivity index (χ4v) is 5.07. The van der Waals surface area contributed by atoms with Crippen LogP contribution in [0.25, 0.3) is 11.0 Å². The second-order valence-corrected chi connectivity index (χ2v) is 9.99. The van der Waals surface area contributed by atoms with Gasteiger partial charge in [0.15, 0.2) is 0 Å². The van der Waals surface area contributed by atoms with E-state index in [0.29, 0.717) is 0 Å². The number of aromatic nitrogens is 2. The first-order chi connectivity index (χ1) is 16.3. The van der Waals surface area contributed by atoms with Gasteiger partial charge in [0, 0.05) is 19.5 Å². The molecule has 2 heterocycles. The van der Waals surface area contributed by atoms with Crippen LogP contribution in [0, 0.1) is 0 Å². The predicted molar refractivity (Wildman–Crippen MR) is 141 cm³/mol. The summed E-state index contributed by atoms with van der Waals surface area (Å²) in [6.45, 7) is 4.09. The monoisotopic (exact) mass is 467 g/mol. The summed E-state index contributed by atoms with van der Waals surface area (Å²) in [5.41, 5.74) is 2.39. The number of carbonyl (C=O) groups excluding carboxylic acids is 1. The van der Waals surface area contributed by atoms with Crippen LogP contribution in [0.2, 0.25) is 0 Å². The number of aryl methyl sites for hydroxylation is 2. The first kappa shape index (κ1) is 25.5. The highest BCUT2D eigenvalue weighted by Crippen LogP contribution is 2.19. The molecule has 0 aliphatic heterocycles. The Kier molecular flexibility index (Phi) is 11.5. The van der Waals surface area contributed by atoms with E-state index in [1.807, 2.05) is 17.5 Å². The van der Waals surface area contributed by atoms with Crippen molar-refractivity contribution in [2.75, 3.05) is 6.54 Å². The van der Waals surface area contributed by atoms with Crippen molar-refractivity contribution in [1.82, 2.24) is 14.9 Å². The van der Waals surface area contributed by atoms with E-state index in [-0.39, 0.29) is 5.91 Å². The van der Waals surface area contributed by atoms with Crippen molar-refractivity contribution in [2.45, 2.75) is 96.9 Å². The molecule has 0 unspecified atom stereocenters. The molecule has 0 aliphatic carbocycles. The Morgan fingerprint density at radius 2 is 1.61 bits per heavy atom. The Hall–Kier alpha value is -2.14. The number of thiophene rings is 1. The van der Waals surface area contributed by atoms with Gasteiger partial charge in [0.1, 0.15) is 5.82 Å². The molecule has 0 radical (unpaired) electrons. The van der Waals surface area contributed by atoms with E-state index < -0.39 is 0 Å². The summed E-state index contributed by atoms with van der Waals surface area (Å²) in [6, 6.07) is 12.3. The van der Waals surface area contributed by atoms with Crippen LogP contribution in [0.3, 0.4) is 0 Å². The number of imidazole rings is 1. The molecular weight excluding hydrogens is 426 g/mol. The van der Waals surface area contributed by atoms with Crippen molar-refractivity contribution in [3.63, 3.8) is 0 Å². The molecule has 1 amide bonds. The molecule has 0 aliphatic rings. The largest absolute Gasteiger partial charge is 0.351 e. The number of unbranched alkanes of at least 4 members (excludes halogenated alkanes) is 10. The van der Waals surface area contributed by atoms with Gasteiger partial charge < -0.3 is 9.88 Å². The molecule has 2 aromatic heterocycles.